The predicted octanol–water partition coefficient (Wildman–Crippen LogP) is 11.6. The van der Waals surface area contributed by atoms with Crippen LogP contribution in [0.3, 0.4) is 0 Å². The average molecular weight is 874 g/mol. The summed E-state index contributed by atoms with van der Waals surface area (Å²) in [7, 11) is 0. The van der Waals surface area contributed by atoms with E-state index >= 15 is 0 Å². The van der Waals surface area contributed by atoms with E-state index in [2.05, 4.69) is 67.8 Å². The smallest absolute Gasteiger partial charge is 0.220 e. The fourth-order valence-corrected chi connectivity index (χ4v) is 7.69. The highest BCUT2D eigenvalue weighted by Crippen LogP contribution is 2.22. The lowest BCUT2D eigenvalue weighted by Gasteiger charge is -2.40. The molecule has 1 fully saturated rings. The lowest BCUT2D eigenvalue weighted by Crippen LogP contribution is -2.60. The highest BCUT2D eigenvalue weighted by atomic mass is 16.7. The van der Waals surface area contributed by atoms with E-state index < -0.39 is 49.5 Å². The van der Waals surface area contributed by atoms with Crippen molar-refractivity contribution in [3.8, 4) is 0 Å². The van der Waals surface area contributed by atoms with Crippen LogP contribution >= 0.6 is 0 Å². The molecular formula is C53H95NO8. The highest BCUT2D eigenvalue weighted by Gasteiger charge is 2.44. The van der Waals surface area contributed by atoms with Gasteiger partial charge in [0, 0.05) is 6.42 Å². The second kappa shape index (κ2) is 42.8. The van der Waals surface area contributed by atoms with E-state index in [1.165, 1.54) is 135 Å². The number of hydrogen-bond donors (Lipinski definition) is 6. The molecule has 62 heavy (non-hydrogen) atoms. The Bertz CT molecular complexity index is 1150. The van der Waals surface area contributed by atoms with Crippen molar-refractivity contribution in [2.24, 2.45) is 0 Å². The molecule has 6 N–H and O–H groups in total. The minimum Gasteiger partial charge on any atom is -0.394 e. The number of aliphatic hydroxyl groups is 5. The zero-order valence-electron chi connectivity index (χ0n) is 39.6. The maximum absolute atomic E-state index is 13.0. The van der Waals surface area contributed by atoms with Gasteiger partial charge in [0.05, 0.1) is 25.4 Å². The molecule has 0 aromatic carbocycles. The summed E-state index contributed by atoms with van der Waals surface area (Å²) < 4.78 is 11.2. The number of hydrogen-bond acceptors (Lipinski definition) is 8. The molecule has 0 aromatic rings. The summed E-state index contributed by atoms with van der Waals surface area (Å²) in [5, 5.41) is 54.2. The van der Waals surface area contributed by atoms with Gasteiger partial charge < -0.3 is 40.3 Å². The van der Waals surface area contributed by atoms with Crippen LogP contribution in [0.5, 0.6) is 0 Å². The van der Waals surface area contributed by atoms with Crippen molar-refractivity contribution < 1.29 is 39.8 Å². The summed E-state index contributed by atoms with van der Waals surface area (Å²) in [6.45, 7) is 3.72. The Kier molecular flexibility index (Phi) is 40.0. The SMILES string of the molecule is CCCCCC/C=C/CC/C=C/CC/C=C/C(O)C(COC1OC(CO)C(O)C(O)C1O)NC(=O)CCCCCCCCCCCCCCC/C=C\C/C=C\CCCCCCC. The Balaban J connectivity index is 2.27. The molecule has 1 amide bonds. The van der Waals surface area contributed by atoms with Gasteiger partial charge in [-0.25, -0.2) is 0 Å². The van der Waals surface area contributed by atoms with Crippen LogP contribution in [0.25, 0.3) is 0 Å². The largest absolute Gasteiger partial charge is 0.394 e. The Morgan fingerprint density at radius 2 is 0.968 bits per heavy atom. The molecule has 9 heteroatoms. The van der Waals surface area contributed by atoms with Crippen LogP contribution < -0.4 is 5.32 Å². The van der Waals surface area contributed by atoms with Crippen molar-refractivity contribution in [2.45, 2.75) is 256 Å². The van der Waals surface area contributed by atoms with E-state index in [0.29, 0.717) is 6.42 Å². The van der Waals surface area contributed by atoms with E-state index in [-0.39, 0.29) is 12.5 Å². The Morgan fingerprint density at radius 3 is 1.47 bits per heavy atom. The molecule has 1 rings (SSSR count). The molecule has 0 radical (unpaired) electrons. The van der Waals surface area contributed by atoms with Crippen LogP contribution in [0, 0.1) is 0 Å². The third-order valence-electron chi connectivity index (χ3n) is 11.8. The summed E-state index contributed by atoms with van der Waals surface area (Å²) in [5.74, 6) is -0.194. The number of ether oxygens (including phenoxy) is 2. The third kappa shape index (κ3) is 32.5. The number of rotatable bonds is 42. The van der Waals surface area contributed by atoms with Gasteiger partial charge in [-0.1, -0.05) is 190 Å². The van der Waals surface area contributed by atoms with E-state index in [9.17, 15) is 30.3 Å². The predicted molar refractivity (Wildman–Crippen MR) is 258 cm³/mol. The maximum atomic E-state index is 13.0. The molecule has 9 nitrogen and oxygen atoms in total. The fraction of sp³-hybridized carbons (Fsp3) is 0.792. The number of amides is 1. The molecule has 1 saturated heterocycles. The summed E-state index contributed by atoms with van der Waals surface area (Å²) in [6, 6.07) is -0.829. The normalized spacial score (nSPS) is 20.8. The first-order chi connectivity index (χ1) is 30.3. The number of carbonyl (C=O) groups is 1. The van der Waals surface area contributed by atoms with Crippen molar-refractivity contribution >= 4 is 5.91 Å². The zero-order valence-corrected chi connectivity index (χ0v) is 39.6. The maximum Gasteiger partial charge on any atom is 0.220 e. The van der Waals surface area contributed by atoms with Crippen LogP contribution in [-0.2, 0) is 14.3 Å². The molecule has 0 spiro atoms. The molecule has 0 saturated carbocycles. The Morgan fingerprint density at radius 1 is 0.548 bits per heavy atom. The van der Waals surface area contributed by atoms with Crippen molar-refractivity contribution in [2.75, 3.05) is 13.2 Å². The van der Waals surface area contributed by atoms with Crippen LogP contribution in [0.15, 0.2) is 60.8 Å². The van der Waals surface area contributed by atoms with Gasteiger partial charge in [-0.2, -0.15) is 0 Å². The van der Waals surface area contributed by atoms with Gasteiger partial charge >= 0.3 is 0 Å². The molecule has 0 aliphatic carbocycles. The molecule has 0 aromatic heterocycles. The van der Waals surface area contributed by atoms with E-state index in [1.54, 1.807) is 6.08 Å². The summed E-state index contributed by atoms with van der Waals surface area (Å²) >= 11 is 0. The number of carbonyl (C=O) groups excluding carboxylic acids is 1. The van der Waals surface area contributed by atoms with E-state index in [0.717, 1.165) is 57.8 Å². The van der Waals surface area contributed by atoms with Gasteiger partial charge in [-0.3, -0.25) is 4.79 Å². The number of allylic oxidation sites excluding steroid dienone is 9. The lowest BCUT2D eigenvalue weighted by atomic mass is 9.99. The minimum atomic E-state index is -1.58. The highest BCUT2D eigenvalue weighted by molar-refractivity contribution is 5.76. The lowest BCUT2D eigenvalue weighted by molar-refractivity contribution is -0.302. The van der Waals surface area contributed by atoms with Gasteiger partial charge in [-0.15, -0.1) is 0 Å². The first-order valence-electron chi connectivity index (χ1n) is 25.5. The zero-order chi connectivity index (χ0) is 45.1. The quantitative estimate of drug-likeness (QED) is 0.0262. The van der Waals surface area contributed by atoms with E-state index in [4.69, 9.17) is 9.47 Å². The summed E-state index contributed by atoms with van der Waals surface area (Å²) in [5.41, 5.74) is 0. The first-order valence-corrected chi connectivity index (χ1v) is 25.5. The van der Waals surface area contributed by atoms with Gasteiger partial charge in [0.15, 0.2) is 6.29 Å². The van der Waals surface area contributed by atoms with Crippen LogP contribution in [0.4, 0.5) is 0 Å². The molecular weight excluding hydrogens is 779 g/mol. The molecule has 7 atom stereocenters. The number of nitrogens with one attached hydrogen (secondary N) is 1. The number of unbranched alkanes of at least 4 members (excludes halogenated alkanes) is 24. The average Bonchev–Trinajstić information content (AvgIpc) is 3.27. The topological polar surface area (TPSA) is 149 Å². The molecule has 360 valence electrons. The monoisotopic (exact) mass is 874 g/mol. The van der Waals surface area contributed by atoms with Crippen LogP contribution in [-0.4, -0.2) is 87.5 Å². The Hall–Kier alpha value is -2.11. The van der Waals surface area contributed by atoms with Crippen LogP contribution in [0.1, 0.15) is 213 Å². The first kappa shape index (κ1) is 57.9. The van der Waals surface area contributed by atoms with Gasteiger partial charge in [-0.05, 0) is 77.0 Å². The van der Waals surface area contributed by atoms with E-state index in [1.807, 2.05) is 6.08 Å². The van der Waals surface area contributed by atoms with Gasteiger partial charge in [0.1, 0.15) is 24.4 Å². The summed E-state index contributed by atoms with van der Waals surface area (Å²) in [4.78, 5) is 13.0. The minimum absolute atomic E-state index is 0.194. The van der Waals surface area contributed by atoms with Crippen molar-refractivity contribution in [3.05, 3.63) is 60.8 Å². The second-order valence-electron chi connectivity index (χ2n) is 17.6. The fourth-order valence-electron chi connectivity index (χ4n) is 7.69. The van der Waals surface area contributed by atoms with Gasteiger partial charge in [0.2, 0.25) is 5.91 Å². The van der Waals surface area contributed by atoms with Crippen molar-refractivity contribution in [1.29, 1.82) is 0 Å². The number of aliphatic hydroxyl groups excluding tert-OH is 5. The van der Waals surface area contributed by atoms with Crippen LogP contribution in [0.2, 0.25) is 0 Å². The van der Waals surface area contributed by atoms with Gasteiger partial charge in [0.25, 0.3) is 0 Å². The standard InChI is InChI=1S/C53H95NO8/c1-3-5-7-9-11-13-15-17-19-20-21-22-23-24-25-26-27-28-29-31-33-35-37-39-41-43-49(57)54-46(45-61-53-52(60)51(59)50(58)48(44-55)62-53)47(56)42-40-38-36-34-32-30-18-16-14-12-10-8-6-4-2/h14-17,20-21,32,34,40,42,46-48,50-53,55-56,58-60H,3-13,18-19,22-31,33,35-39,41,43-45H2,1-2H3,(H,54,57)/b16-14+,17-15-,21-20-,34-32+,42-40+. The molecule has 7 unspecified atom stereocenters. The molecule has 1 aliphatic rings. The molecule has 1 aliphatic heterocycles. The third-order valence-corrected chi connectivity index (χ3v) is 11.8. The molecule has 1 heterocycles. The summed E-state index contributed by atoms with van der Waals surface area (Å²) in [6.07, 6.45) is 49.9. The Labute approximate surface area is 379 Å². The molecule has 0 bridgehead atoms. The van der Waals surface area contributed by atoms with Crippen molar-refractivity contribution in [1.82, 2.24) is 5.32 Å². The second-order valence-corrected chi connectivity index (χ2v) is 17.6. The van der Waals surface area contributed by atoms with Crippen molar-refractivity contribution in [3.63, 3.8) is 0 Å².